The summed E-state index contributed by atoms with van der Waals surface area (Å²) in [6.07, 6.45) is 1.49. The Hall–Kier alpha value is -3.10. The van der Waals surface area contributed by atoms with Crippen LogP contribution in [0.1, 0.15) is 32.9 Å². The molecule has 1 aromatic heterocycles. The van der Waals surface area contributed by atoms with Crippen LogP contribution in [0.25, 0.3) is 0 Å². The van der Waals surface area contributed by atoms with Crippen LogP contribution in [0, 0.1) is 13.8 Å². The number of rotatable bonds is 8. The van der Waals surface area contributed by atoms with Crippen LogP contribution in [0.2, 0.25) is 5.02 Å². The number of halogens is 1. The summed E-state index contributed by atoms with van der Waals surface area (Å²) in [5.74, 6) is 1.32. The minimum atomic E-state index is -0.315. The number of hydrazone groups is 1. The number of hydrogen-bond donors (Lipinski definition) is 1. The van der Waals surface area contributed by atoms with Gasteiger partial charge in [0.05, 0.1) is 25.5 Å². The van der Waals surface area contributed by atoms with E-state index in [2.05, 4.69) is 20.5 Å². The van der Waals surface area contributed by atoms with Gasteiger partial charge in [-0.1, -0.05) is 35.5 Å². The molecule has 166 valence electrons. The second-order valence-electron chi connectivity index (χ2n) is 6.86. The Balaban J connectivity index is 1.58. The van der Waals surface area contributed by atoms with Crippen molar-refractivity contribution in [2.45, 2.75) is 24.8 Å². The van der Waals surface area contributed by atoms with Crippen molar-refractivity contribution in [3.05, 3.63) is 75.6 Å². The first-order chi connectivity index (χ1) is 15.4. The summed E-state index contributed by atoms with van der Waals surface area (Å²) in [5.41, 5.74) is 6.64. The topological polar surface area (TPSA) is 85.7 Å². The van der Waals surface area contributed by atoms with Crippen molar-refractivity contribution in [2.75, 3.05) is 14.2 Å². The van der Waals surface area contributed by atoms with Gasteiger partial charge < -0.3 is 9.47 Å². The molecule has 0 atom stereocenters. The predicted octanol–water partition coefficient (Wildman–Crippen LogP) is 4.82. The van der Waals surface area contributed by atoms with Gasteiger partial charge in [0.25, 0.3) is 5.91 Å². The smallest absolute Gasteiger partial charge is 0.271 e. The lowest BCUT2D eigenvalue weighted by atomic mass is 10.1. The van der Waals surface area contributed by atoms with Gasteiger partial charge >= 0.3 is 0 Å². The monoisotopic (exact) mass is 470 g/mol. The molecule has 0 radical (unpaired) electrons. The molecule has 3 rings (SSSR count). The molecular formula is C23H23ClN4O3S. The molecule has 0 aliphatic rings. The first-order valence-electron chi connectivity index (χ1n) is 9.68. The van der Waals surface area contributed by atoms with E-state index in [-0.39, 0.29) is 5.91 Å². The third-order valence-corrected chi connectivity index (χ3v) is 5.58. The van der Waals surface area contributed by atoms with E-state index in [0.717, 1.165) is 22.1 Å². The molecule has 0 unspecified atom stereocenters. The maximum atomic E-state index is 12.4. The van der Waals surface area contributed by atoms with Crippen LogP contribution in [-0.4, -0.2) is 36.3 Å². The first-order valence-corrected chi connectivity index (χ1v) is 11.0. The summed E-state index contributed by atoms with van der Waals surface area (Å²) in [4.78, 5) is 21.2. The van der Waals surface area contributed by atoms with Crippen LogP contribution in [0.3, 0.4) is 0 Å². The molecule has 1 amide bonds. The van der Waals surface area contributed by atoms with Crippen LogP contribution in [-0.2, 0) is 5.75 Å². The highest BCUT2D eigenvalue weighted by Crippen LogP contribution is 2.35. The van der Waals surface area contributed by atoms with E-state index in [1.54, 1.807) is 36.0 Å². The zero-order chi connectivity index (χ0) is 23.1. The fourth-order valence-electron chi connectivity index (χ4n) is 2.90. The average Bonchev–Trinajstić information content (AvgIpc) is 2.77. The molecule has 0 fully saturated rings. The predicted molar refractivity (Wildman–Crippen MR) is 127 cm³/mol. The molecule has 32 heavy (non-hydrogen) atoms. The summed E-state index contributed by atoms with van der Waals surface area (Å²) in [6.45, 7) is 3.91. The lowest BCUT2D eigenvalue weighted by Gasteiger charge is -2.09. The average molecular weight is 471 g/mol. The Morgan fingerprint density at radius 1 is 1.09 bits per heavy atom. The van der Waals surface area contributed by atoms with Crippen molar-refractivity contribution in [2.24, 2.45) is 5.10 Å². The summed E-state index contributed by atoms with van der Waals surface area (Å²) in [5, 5.41) is 5.14. The Bertz CT molecular complexity index is 1120. The van der Waals surface area contributed by atoms with Gasteiger partial charge in [-0.3, -0.25) is 4.79 Å². The Kier molecular flexibility index (Phi) is 8.08. The zero-order valence-corrected chi connectivity index (χ0v) is 19.8. The largest absolute Gasteiger partial charge is 0.493 e. The number of nitrogens with one attached hydrogen (secondary N) is 1. The third-order valence-electron chi connectivity index (χ3n) is 4.38. The SMILES string of the molecule is COc1cc(/C=N/NC(=O)c2ccc(CSc3nc(C)cc(C)n3)cc2)cc(Cl)c1OC. The van der Waals surface area contributed by atoms with Crippen molar-refractivity contribution < 1.29 is 14.3 Å². The molecule has 3 aromatic rings. The van der Waals surface area contributed by atoms with Gasteiger partial charge in [0.2, 0.25) is 0 Å². The number of aromatic nitrogens is 2. The maximum Gasteiger partial charge on any atom is 0.271 e. The van der Waals surface area contributed by atoms with Crippen molar-refractivity contribution in [3.63, 3.8) is 0 Å². The van der Waals surface area contributed by atoms with Gasteiger partial charge in [0.15, 0.2) is 16.7 Å². The highest BCUT2D eigenvalue weighted by molar-refractivity contribution is 7.98. The van der Waals surface area contributed by atoms with E-state index in [1.165, 1.54) is 20.4 Å². The molecule has 0 saturated carbocycles. The van der Waals surface area contributed by atoms with E-state index < -0.39 is 0 Å². The summed E-state index contributed by atoms with van der Waals surface area (Å²) < 4.78 is 10.5. The van der Waals surface area contributed by atoms with Gasteiger partial charge in [-0.2, -0.15) is 5.10 Å². The highest BCUT2D eigenvalue weighted by Gasteiger charge is 2.10. The quantitative estimate of drug-likeness (QED) is 0.220. The van der Waals surface area contributed by atoms with E-state index in [4.69, 9.17) is 21.1 Å². The van der Waals surface area contributed by atoms with Crippen LogP contribution < -0.4 is 14.9 Å². The Labute approximate surface area is 196 Å². The molecule has 9 heteroatoms. The maximum absolute atomic E-state index is 12.4. The molecule has 0 aliphatic heterocycles. The van der Waals surface area contributed by atoms with Crippen LogP contribution >= 0.6 is 23.4 Å². The number of methoxy groups -OCH3 is 2. The number of hydrogen-bond acceptors (Lipinski definition) is 7. The Morgan fingerprint density at radius 2 is 1.78 bits per heavy atom. The zero-order valence-electron chi connectivity index (χ0n) is 18.2. The summed E-state index contributed by atoms with van der Waals surface area (Å²) in [6, 6.07) is 12.7. The van der Waals surface area contributed by atoms with E-state index >= 15 is 0 Å². The van der Waals surface area contributed by atoms with Crippen molar-refractivity contribution in [3.8, 4) is 11.5 Å². The molecule has 0 aliphatic carbocycles. The third kappa shape index (κ3) is 6.21. The highest BCUT2D eigenvalue weighted by atomic mass is 35.5. The fraction of sp³-hybridized carbons (Fsp3) is 0.217. The van der Waals surface area contributed by atoms with Crippen LogP contribution in [0.15, 0.2) is 52.7 Å². The minimum absolute atomic E-state index is 0.315. The molecule has 0 saturated heterocycles. The number of aryl methyl sites for hydroxylation is 2. The summed E-state index contributed by atoms with van der Waals surface area (Å²) in [7, 11) is 3.03. The lowest BCUT2D eigenvalue weighted by molar-refractivity contribution is 0.0955. The first kappa shape index (κ1) is 23.6. The molecule has 1 N–H and O–H groups in total. The van der Waals surface area contributed by atoms with Gasteiger partial charge in [0.1, 0.15) is 0 Å². The summed E-state index contributed by atoms with van der Waals surface area (Å²) >= 11 is 7.74. The van der Waals surface area contributed by atoms with Crippen LogP contribution in [0.4, 0.5) is 0 Å². The number of carbonyl (C=O) groups is 1. The number of benzene rings is 2. The number of thioether (sulfide) groups is 1. The number of amides is 1. The Morgan fingerprint density at radius 3 is 2.41 bits per heavy atom. The minimum Gasteiger partial charge on any atom is -0.493 e. The van der Waals surface area contributed by atoms with Crippen molar-refractivity contribution in [1.82, 2.24) is 15.4 Å². The molecule has 7 nitrogen and oxygen atoms in total. The molecule has 0 bridgehead atoms. The van der Waals surface area contributed by atoms with Crippen molar-refractivity contribution in [1.29, 1.82) is 0 Å². The number of carbonyl (C=O) groups excluding carboxylic acids is 1. The number of nitrogens with zero attached hydrogens (tertiary/aromatic N) is 3. The standard InChI is InChI=1S/C23H23ClN4O3S/c1-14-9-15(2)27-23(26-14)32-13-16-5-7-18(8-6-16)22(29)28-25-12-17-10-19(24)21(31-4)20(11-17)30-3/h5-12H,13H2,1-4H3,(H,28,29)/b25-12+. The van der Waals surface area contributed by atoms with Gasteiger partial charge in [0, 0.05) is 22.7 Å². The van der Waals surface area contributed by atoms with Gasteiger partial charge in [-0.05, 0) is 55.3 Å². The van der Waals surface area contributed by atoms with Crippen LogP contribution in [0.5, 0.6) is 11.5 Å². The number of ether oxygens (including phenoxy) is 2. The molecule has 0 spiro atoms. The molecule has 1 heterocycles. The van der Waals surface area contributed by atoms with Gasteiger partial charge in [-0.15, -0.1) is 0 Å². The van der Waals surface area contributed by atoms with Gasteiger partial charge in [-0.25, -0.2) is 15.4 Å². The fourth-order valence-corrected chi connectivity index (χ4v) is 4.10. The van der Waals surface area contributed by atoms with E-state index in [0.29, 0.717) is 33.4 Å². The van der Waals surface area contributed by atoms with E-state index in [9.17, 15) is 4.79 Å². The molecule has 2 aromatic carbocycles. The van der Waals surface area contributed by atoms with Crippen molar-refractivity contribution >= 4 is 35.5 Å². The van der Waals surface area contributed by atoms with E-state index in [1.807, 2.05) is 32.0 Å². The normalized spacial score (nSPS) is 10.9. The second kappa shape index (κ2) is 11.0. The lowest BCUT2D eigenvalue weighted by Crippen LogP contribution is -2.17. The second-order valence-corrected chi connectivity index (χ2v) is 8.21. The molecular weight excluding hydrogens is 448 g/mol.